The molecule has 3 nitrogen and oxygen atoms in total. The van der Waals surface area contributed by atoms with E-state index in [2.05, 4.69) is 19.1 Å². The lowest BCUT2D eigenvalue weighted by Crippen LogP contribution is -2.49. The summed E-state index contributed by atoms with van der Waals surface area (Å²) in [6.07, 6.45) is 1.44. The standard InChI is InChI=1S/C20H23FN2O/c1-2-16-7-9-17(10-8-16)15-20(24)23-13-11-22(12-14-23)19-6-4-3-5-18(19)21/h3-10H,2,11-15H2,1H3. The van der Waals surface area contributed by atoms with Crippen LogP contribution in [0.4, 0.5) is 10.1 Å². The number of aryl methyl sites for hydroxylation is 1. The van der Waals surface area contributed by atoms with Crippen LogP contribution < -0.4 is 4.90 Å². The van der Waals surface area contributed by atoms with Crippen molar-refractivity contribution in [2.45, 2.75) is 19.8 Å². The van der Waals surface area contributed by atoms with Gasteiger partial charge in [0.2, 0.25) is 5.91 Å². The van der Waals surface area contributed by atoms with Crippen molar-refractivity contribution < 1.29 is 9.18 Å². The van der Waals surface area contributed by atoms with E-state index in [9.17, 15) is 9.18 Å². The minimum absolute atomic E-state index is 0.146. The molecule has 0 aliphatic carbocycles. The molecule has 1 heterocycles. The highest BCUT2D eigenvalue weighted by Gasteiger charge is 2.22. The van der Waals surface area contributed by atoms with Crippen LogP contribution in [0.2, 0.25) is 0 Å². The minimum Gasteiger partial charge on any atom is -0.366 e. The zero-order valence-corrected chi connectivity index (χ0v) is 14.0. The Morgan fingerprint density at radius 2 is 1.58 bits per heavy atom. The smallest absolute Gasteiger partial charge is 0.227 e. The van der Waals surface area contributed by atoms with Crippen molar-refractivity contribution in [3.05, 3.63) is 65.5 Å². The van der Waals surface area contributed by atoms with E-state index in [1.54, 1.807) is 12.1 Å². The summed E-state index contributed by atoms with van der Waals surface area (Å²) < 4.78 is 13.9. The zero-order chi connectivity index (χ0) is 16.9. The topological polar surface area (TPSA) is 23.6 Å². The molecule has 126 valence electrons. The SMILES string of the molecule is CCc1ccc(CC(=O)N2CCN(c3ccccc3F)CC2)cc1. The van der Waals surface area contributed by atoms with Crippen molar-refractivity contribution in [1.29, 1.82) is 0 Å². The van der Waals surface area contributed by atoms with Crippen LogP contribution in [-0.4, -0.2) is 37.0 Å². The van der Waals surface area contributed by atoms with Crippen LogP contribution in [0.5, 0.6) is 0 Å². The number of amides is 1. The third kappa shape index (κ3) is 3.75. The summed E-state index contributed by atoms with van der Waals surface area (Å²) in [5, 5.41) is 0. The lowest BCUT2D eigenvalue weighted by atomic mass is 10.1. The highest BCUT2D eigenvalue weighted by molar-refractivity contribution is 5.79. The molecular weight excluding hydrogens is 303 g/mol. The highest BCUT2D eigenvalue weighted by Crippen LogP contribution is 2.20. The molecule has 0 unspecified atom stereocenters. The summed E-state index contributed by atoms with van der Waals surface area (Å²) in [5.41, 5.74) is 2.96. The second-order valence-corrected chi connectivity index (χ2v) is 6.17. The lowest BCUT2D eigenvalue weighted by Gasteiger charge is -2.36. The molecule has 1 amide bonds. The Labute approximate surface area is 142 Å². The van der Waals surface area contributed by atoms with Crippen molar-refractivity contribution in [3.8, 4) is 0 Å². The third-order valence-corrected chi connectivity index (χ3v) is 4.61. The van der Waals surface area contributed by atoms with Crippen LogP contribution in [0, 0.1) is 5.82 Å². The van der Waals surface area contributed by atoms with Crippen LogP contribution in [0.25, 0.3) is 0 Å². The maximum atomic E-state index is 13.9. The highest BCUT2D eigenvalue weighted by atomic mass is 19.1. The first-order valence-corrected chi connectivity index (χ1v) is 8.52. The second-order valence-electron chi connectivity index (χ2n) is 6.17. The van der Waals surface area contributed by atoms with E-state index in [1.165, 1.54) is 11.6 Å². The fourth-order valence-corrected chi connectivity index (χ4v) is 3.08. The van der Waals surface area contributed by atoms with Gasteiger partial charge in [-0.2, -0.15) is 0 Å². The van der Waals surface area contributed by atoms with E-state index in [4.69, 9.17) is 0 Å². The maximum Gasteiger partial charge on any atom is 0.227 e. The number of carbonyl (C=O) groups is 1. The molecule has 0 spiro atoms. The van der Waals surface area contributed by atoms with E-state index in [1.807, 2.05) is 28.0 Å². The van der Waals surface area contributed by atoms with Crippen molar-refractivity contribution >= 4 is 11.6 Å². The predicted octanol–water partition coefficient (Wildman–Crippen LogP) is 3.28. The molecule has 24 heavy (non-hydrogen) atoms. The Morgan fingerprint density at radius 3 is 2.21 bits per heavy atom. The van der Waals surface area contributed by atoms with Gasteiger partial charge < -0.3 is 9.80 Å². The van der Waals surface area contributed by atoms with E-state index < -0.39 is 0 Å². The van der Waals surface area contributed by atoms with Gasteiger partial charge in [0.1, 0.15) is 5.82 Å². The largest absolute Gasteiger partial charge is 0.366 e. The first-order chi connectivity index (χ1) is 11.7. The predicted molar refractivity (Wildman–Crippen MR) is 94.7 cm³/mol. The van der Waals surface area contributed by atoms with Crippen LogP contribution in [0.1, 0.15) is 18.1 Å². The molecule has 2 aromatic rings. The van der Waals surface area contributed by atoms with Crippen LogP contribution in [0.3, 0.4) is 0 Å². The van der Waals surface area contributed by atoms with E-state index >= 15 is 0 Å². The fraction of sp³-hybridized carbons (Fsp3) is 0.350. The Hall–Kier alpha value is -2.36. The molecule has 1 aliphatic rings. The van der Waals surface area contributed by atoms with Gasteiger partial charge in [-0.25, -0.2) is 4.39 Å². The van der Waals surface area contributed by atoms with Gasteiger partial charge in [-0.1, -0.05) is 43.3 Å². The number of piperazine rings is 1. The Kier molecular flexibility index (Phi) is 5.14. The fourth-order valence-electron chi connectivity index (χ4n) is 3.08. The minimum atomic E-state index is -0.201. The molecule has 3 rings (SSSR count). The monoisotopic (exact) mass is 326 g/mol. The van der Waals surface area contributed by atoms with Gasteiger partial charge in [-0.05, 0) is 29.7 Å². The number of carbonyl (C=O) groups excluding carboxylic acids is 1. The first kappa shape index (κ1) is 16.5. The number of halogens is 1. The van der Waals surface area contributed by atoms with Crippen LogP contribution >= 0.6 is 0 Å². The molecular formula is C20H23FN2O. The molecule has 0 atom stereocenters. The van der Waals surface area contributed by atoms with Gasteiger partial charge in [0.25, 0.3) is 0 Å². The number of nitrogens with zero attached hydrogens (tertiary/aromatic N) is 2. The molecule has 0 radical (unpaired) electrons. The molecule has 1 saturated heterocycles. The Balaban J connectivity index is 1.56. The summed E-state index contributed by atoms with van der Waals surface area (Å²) in [4.78, 5) is 16.4. The maximum absolute atomic E-state index is 13.9. The number of rotatable bonds is 4. The second kappa shape index (κ2) is 7.47. The molecule has 2 aromatic carbocycles. The van der Waals surface area contributed by atoms with Gasteiger partial charge in [-0.15, -0.1) is 0 Å². The van der Waals surface area contributed by atoms with Gasteiger partial charge in [0.15, 0.2) is 0 Å². The lowest BCUT2D eigenvalue weighted by molar-refractivity contribution is -0.130. The molecule has 0 aromatic heterocycles. The summed E-state index contributed by atoms with van der Waals surface area (Å²) >= 11 is 0. The van der Waals surface area contributed by atoms with Crippen molar-refractivity contribution in [1.82, 2.24) is 4.90 Å². The number of para-hydroxylation sites is 1. The quantitative estimate of drug-likeness (QED) is 0.861. The Bertz CT molecular complexity index is 691. The molecule has 0 saturated carbocycles. The van der Waals surface area contributed by atoms with E-state index in [0.717, 1.165) is 12.0 Å². The third-order valence-electron chi connectivity index (χ3n) is 4.61. The van der Waals surface area contributed by atoms with Gasteiger partial charge >= 0.3 is 0 Å². The van der Waals surface area contributed by atoms with Gasteiger partial charge in [0, 0.05) is 26.2 Å². The number of anilines is 1. The van der Waals surface area contributed by atoms with Crippen molar-refractivity contribution in [2.75, 3.05) is 31.1 Å². The van der Waals surface area contributed by atoms with Crippen molar-refractivity contribution in [2.24, 2.45) is 0 Å². The van der Waals surface area contributed by atoms with Crippen molar-refractivity contribution in [3.63, 3.8) is 0 Å². The molecule has 1 aliphatic heterocycles. The number of benzene rings is 2. The molecule has 1 fully saturated rings. The molecule has 0 N–H and O–H groups in total. The van der Waals surface area contributed by atoms with Gasteiger partial charge in [0.05, 0.1) is 12.1 Å². The van der Waals surface area contributed by atoms with E-state index in [-0.39, 0.29) is 11.7 Å². The molecule has 4 heteroatoms. The van der Waals surface area contributed by atoms with E-state index in [0.29, 0.717) is 38.3 Å². The van der Waals surface area contributed by atoms with Crippen LogP contribution in [0.15, 0.2) is 48.5 Å². The summed E-state index contributed by atoms with van der Waals surface area (Å²) in [6.45, 7) is 4.73. The number of hydrogen-bond acceptors (Lipinski definition) is 2. The number of hydrogen-bond donors (Lipinski definition) is 0. The summed E-state index contributed by atoms with van der Waals surface area (Å²) in [5.74, 6) is -0.0549. The first-order valence-electron chi connectivity index (χ1n) is 8.52. The average Bonchev–Trinajstić information content (AvgIpc) is 2.63. The van der Waals surface area contributed by atoms with Crippen LogP contribution in [-0.2, 0) is 17.6 Å². The summed E-state index contributed by atoms with van der Waals surface area (Å²) in [7, 11) is 0. The summed E-state index contributed by atoms with van der Waals surface area (Å²) in [6, 6.07) is 15.0. The average molecular weight is 326 g/mol. The molecule has 0 bridgehead atoms. The zero-order valence-electron chi connectivity index (χ0n) is 14.0. The Morgan fingerprint density at radius 1 is 0.958 bits per heavy atom. The normalized spacial score (nSPS) is 14.8. The van der Waals surface area contributed by atoms with Gasteiger partial charge in [-0.3, -0.25) is 4.79 Å².